The molecule has 2 heterocycles. The monoisotopic (exact) mass is 829 g/mol. The number of hydrogen-bond donors (Lipinski definition) is 5. The molecular formula is C47H84N6O6. The molecule has 59 heavy (non-hydrogen) atoms. The van der Waals surface area contributed by atoms with Crippen LogP contribution in [0.1, 0.15) is 111 Å². The van der Waals surface area contributed by atoms with Crippen LogP contribution in [0, 0.1) is 64.6 Å². The number of nitrogens with one attached hydrogen (secondary N) is 3. The van der Waals surface area contributed by atoms with Gasteiger partial charge in [0.15, 0.2) is 0 Å². The van der Waals surface area contributed by atoms with Crippen LogP contribution in [-0.4, -0.2) is 147 Å². The Hall–Kier alpha value is -1.38. The fourth-order valence-electron chi connectivity index (χ4n) is 14.4. The molecule has 6 aliphatic carbocycles. The predicted octanol–water partition coefficient (Wildman–Crippen LogP) is 4.14. The first-order valence-electron chi connectivity index (χ1n) is 24.0. The molecular weight excluding hydrogens is 745 g/mol. The Morgan fingerprint density at radius 3 is 2.37 bits per heavy atom. The van der Waals surface area contributed by atoms with E-state index in [9.17, 15) is 19.8 Å². The highest BCUT2D eigenvalue weighted by atomic mass is 16.7. The average molecular weight is 829 g/mol. The molecule has 10 unspecified atom stereocenters. The zero-order valence-corrected chi connectivity index (χ0v) is 38.3. The molecule has 2 saturated heterocycles. The van der Waals surface area contributed by atoms with Gasteiger partial charge < -0.3 is 40.7 Å². The Balaban J connectivity index is 1.04. The Morgan fingerprint density at radius 2 is 1.71 bits per heavy atom. The number of aliphatic hydroxyl groups is 2. The molecule has 8 fully saturated rings. The van der Waals surface area contributed by atoms with Crippen molar-refractivity contribution in [3.63, 3.8) is 0 Å². The number of hydroxylamine groups is 2. The van der Waals surface area contributed by atoms with E-state index in [-0.39, 0.29) is 54.4 Å². The van der Waals surface area contributed by atoms with E-state index in [0.29, 0.717) is 53.6 Å². The third-order valence-electron chi connectivity index (χ3n) is 17.8. The molecule has 0 radical (unpaired) electrons. The summed E-state index contributed by atoms with van der Waals surface area (Å²) in [5.74, 6) is 3.14. The molecule has 8 aliphatic rings. The van der Waals surface area contributed by atoms with E-state index in [4.69, 9.17) is 9.57 Å². The van der Waals surface area contributed by atoms with Gasteiger partial charge in [0.1, 0.15) is 12.1 Å². The lowest BCUT2D eigenvalue weighted by Gasteiger charge is -2.62. The molecule has 0 aromatic carbocycles. The van der Waals surface area contributed by atoms with Gasteiger partial charge in [-0.05, 0) is 153 Å². The highest BCUT2D eigenvalue weighted by Crippen LogP contribution is 2.61. The zero-order chi connectivity index (χ0) is 42.3. The van der Waals surface area contributed by atoms with E-state index in [2.05, 4.69) is 74.7 Å². The van der Waals surface area contributed by atoms with E-state index in [1.807, 2.05) is 12.2 Å². The topological polar surface area (TPSA) is 139 Å². The summed E-state index contributed by atoms with van der Waals surface area (Å²) >= 11 is 0. The third-order valence-corrected chi connectivity index (χ3v) is 17.8. The van der Waals surface area contributed by atoms with Crippen LogP contribution in [0.5, 0.6) is 0 Å². The maximum Gasteiger partial charge on any atom is 0.240 e. The third kappa shape index (κ3) is 9.60. The van der Waals surface area contributed by atoms with Crippen molar-refractivity contribution in [2.45, 2.75) is 160 Å². The minimum Gasteiger partial charge on any atom is -0.394 e. The average Bonchev–Trinajstić information content (AvgIpc) is 3.79. The first-order chi connectivity index (χ1) is 28.1. The predicted molar refractivity (Wildman–Crippen MR) is 231 cm³/mol. The van der Waals surface area contributed by atoms with E-state index in [1.54, 1.807) is 6.92 Å². The standard InChI is InChI=1S/C47H84N6O6/c1-27-38-21-33(47(38,3)4)22-40(27)50-46(57)43-42(28(2)55)41(26-54)59-53(43)24-29-13-12-15-37(44(29)58-9)30-17-31(20-35(19-30)52(7)8)45(56)49-34(25-51(5)6)18-32-23-48-39-16-11-10-14-36(32)39/h27-44,48,54-55H,10-26H2,1-9H3,(H,49,56)(H,50,57)/t27-,28-,29?,30?,31?,32?,33?,34-,35?,36?,37?,38-,39?,40-,41-,42+,43-,44?/m0/s1. The summed E-state index contributed by atoms with van der Waals surface area (Å²) in [7, 11) is 10.4. The smallest absolute Gasteiger partial charge is 0.240 e. The summed E-state index contributed by atoms with van der Waals surface area (Å²) in [6, 6.07) is 0.479. The molecule has 0 aromatic rings. The number of aliphatic hydroxyl groups excluding tert-OH is 2. The second kappa shape index (κ2) is 19.2. The number of carbonyl (C=O) groups is 2. The molecule has 12 nitrogen and oxygen atoms in total. The highest BCUT2D eigenvalue weighted by molar-refractivity contribution is 5.83. The van der Waals surface area contributed by atoms with Crippen molar-refractivity contribution >= 4 is 11.8 Å². The first-order valence-corrected chi connectivity index (χ1v) is 24.0. The molecule has 0 spiro atoms. The summed E-state index contributed by atoms with van der Waals surface area (Å²) in [6.45, 7) is 10.9. The molecule has 18 atom stereocenters. The van der Waals surface area contributed by atoms with Crippen molar-refractivity contribution in [2.75, 3.05) is 61.5 Å². The van der Waals surface area contributed by atoms with Crippen LogP contribution in [0.4, 0.5) is 0 Å². The van der Waals surface area contributed by atoms with E-state index < -0.39 is 24.2 Å². The first kappa shape index (κ1) is 45.6. The Kier molecular flexibility index (Phi) is 14.8. The van der Waals surface area contributed by atoms with Gasteiger partial charge in [0, 0.05) is 62.1 Å². The largest absolute Gasteiger partial charge is 0.394 e. The molecule has 8 rings (SSSR count). The van der Waals surface area contributed by atoms with Crippen molar-refractivity contribution in [2.24, 2.45) is 64.6 Å². The minimum atomic E-state index is -0.828. The number of fused-ring (bicyclic) bond motifs is 3. The van der Waals surface area contributed by atoms with Crippen LogP contribution in [0.25, 0.3) is 0 Å². The van der Waals surface area contributed by atoms with Gasteiger partial charge in [-0.15, -0.1) is 0 Å². The SMILES string of the molecule is COC1C(CN2O[C@@H](CO)[C@@H]([C@H](C)O)[C@H]2C(=O)N[C@H]2CC3C[C@@H]([C@@H]2C)C3(C)C)CCCC1C1CC(C(=O)N[C@@H](CC2CNC3CCCCC23)CN(C)C)CC(N(C)C)C1. The van der Waals surface area contributed by atoms with E-state index >= 15 is 0 Å². The highest BCUT2D eigenvalue weighted by Gasteiger charge is 2.58. The van der Waals surface area contributed by atoms with Gasteiger partial charge in [0.05, 0.1) is 18.8 Å². The minimum absolute atomic E-state index is 0.0567. The fourth-order valence-corrected chi connectivity index (χ4v) is 14.4. The lowest BCUT2D eigenvalue weighted by molar-refractivity contribution is -0.193. The van der Waals surface area contributed by atoms with Gasteiger partial charge in [-0.25, -0.2) is 0 Å². The Morgan fingerprint density at radius 1 is 0.966 bits per heavy atom. The van der Waals surface area contributed by atoms with Gasteiger partial charge in [-0.2, -0.15) is 5.06 Å². The van der Waals surface area contributed by atoms with Gasteiger partial charge in [0.25, 0.3) is 0 Å². The van der Waals surface area contributed by atoms with Gasteiger partial charge in [-0.1, -0.05) is 40.0 Å². The number of likely N-dealkylation sites (N-methyl/N-ethyl adjacent to an activating group) is 1. The zero-order valence-electron chi connectivity index (χ0n) is 38.3. The summed E-state index contributed by atoms with van der Waals surface area (Å²) in [4.78, 5) is 39.9. The van der Waals surface area contributed by atoms with Crippen LogP contribution in [0.3, 0.4) is 0 Å². The maximum atomic E-state index is 14.5. The van der Waals surface area contributed by atoms with Crippen molar-refractivity contribution in [1.29, 1.82) is 0 Å². The quantitative estimate of drug-likeness (QED) is 0.164. The molecule has 12 heteroatoms. The molecule has 6 saturated carbocycles. The summed E-state index contributed by atoms with van der Waals surface area (Å²) < 4.78 is 6.49. The van der Waals surface area contributed by atoms with Crippen LogP contribution < -0.4 is 16.0 Å². The number of nitrogens with zero attached hydrogens (tertiary/aromatic N) is 3. The molecule has 338 valence electrons. The lowest BCUT2D eigenvalue weighted by atomic mass is 9.45. The molecule has 2 aliphatic heterocycles. The van der Waals surface area contributed by atoms with Crippen LogP contribution >= 0.6 is 0 Å². The molecule has 0 aromatic heterocycles. The lowest BCUT2D eigenvalue weighted by Crippen LogP contribution is -2.62. The van der Waals surface area contributed by atoms with E-state index in [0.717, 1.165) is 70.4 Å². The van der Waals surface area contributed by atoms with Crippen molar-refractivity contribution < 1.29 is 29.4 Å². The van der Waals surface area contributed by atoms with Gasteiger partial charge >= 0.3 is 0 Å². The van der Waals surface area contributed by atoms with Crippen LogP contribution in [0.15, 0.2) is 0 Å². The number of methoxy groups -OCH3 is 1. The summed E-state index contributed by atoms with van der Waals surface area (Å²) in [5.41, 5.74) is 0.314. The van der Waals surface area contributed by atoms with E-state index in [1.165, 1.54) is 32.1 Å². The molecule has 5 N–H and O–H groups in total. The van der Waals surface area contributed by atoms with Crippen molar-refractivity contribution in [1.82, 2.24) is 30.8 Å². The van der Waals surface area contributed by atoms with Crippen LogP contribution in [-0.2, 0) is 19.2 Å². The summed E-state index contributed by atoms with van der Waals surface area (Å²) in [5, 5.41) is 34.3. The maximum absolute atomic E-state index is 14.5. The van der Waals surface area contributed by atoms with Gasteiger partial charge in [-0.3, -0.25) is 14.4 Å². The second-order valence-corrected chi connectivity index (χ2v) is 22.0. The number of hydrogen-bond acceptors (Lipinski definition) is 10. The molecule has 2 amide bonds. The second-order valence-electron chi connectivity index (χ2n) is 22.0. The Labute approximate surface area is 357 Å². The normalized spacial score (nSPS) is 43.2. The van der Waals surface area contributed by atoms with Crippen molar-refractivity contribution in [3.05, 3.63) is 0 Å². The van der Waals surface area contributed by atoms with Crippen molar-refractivity contribution in [3.8, 4) is 0 Å². The Bertz CT molecular complexity index is 1410. The molecule has 2 bridgehead atoms. The number of carbonyl (C=O) groups excluding carboxylic acids is 2. The van der Waals surface area contributed by atoms with Crippen LogP contribution in [0.2, 0.25) is 0 Å². The number of amides is 2. The number of rotatable bonds is 15. The van der Waals surface area contributed by atoms with Gasteiger partial charge in [0.2, 0.25) is 11.8 Å². The summed E-state index contributed by atoms with van der Waals surface area (Å²) in [6.07, 6.45) is 12.8. The number of ether oxygens (including phenoxy) is 1. The fraction of sp³-hybridized carbons (Fsp3) is 0.957.